The molecule has 0 saturated heterocycles. The number of ether oxygens (including phenoxy) is 1. The van der Waals surface area contributed by atoms with Crippen molar-refractivity contribution in [2.45, 2.75) is 33.6 Å². The summed E-state index contributed by atoms with van der Waals surface area (Å²) in [5, 5.41) is 2.62. The number of nitrogens with zero attached hydrogens (tertiary/aromatic N) is 1. The highest BCUT2D eigenvalue weighted by Gasteiger charge is 2.24. The number of hydrogen-bond acceptors (Lipinski definition) is 4. The van der Waals surface area contributed by atoms with E-state index >= 15 is 0 Å². The number of amides is 1. The van der Waals surface area contributed by atoms with E-state index in [0.29, 0.717) is 29.5 Å². The zero-order valence-electron chi connectivity index (χ0n) is 15.8. The average molecular weight is 356 g/mol. The molecular formula is C21H28N2O3. The van der Waals surface area contributed by atoms with Crippen LogP contribution in [0.3, 0.4) is 0 Å². The number of hydrogen-bond donors (Lipinski definition) is 1. The number of carbonyl (C=O) groups is 2. The van der Waals surface area contributed by atoms with Crippen LogP contribution in [0.2, 0.25) is 0 Å². The molecule has 1 N–H and O–H groups in total. The summed E-state index contributed by atoms with van der Waals surface area (Å²) in [6.45, 7) is 6.11. The van der Waals surface area contributed by atoms with Crippen molar-refractivity contribution in [1.29, 1.82) is 0 Å². The van der Waals surface area contributed by atoms with Gasteiger partial charge in [0.1, 0.15) is 5.56 Å². The molecule has 0 aliphatic heterocycles. The maximum atomic E-state index is 12.2. The minimum atomic E-state index is -0.254. The lowest BCUT2D eigenvalue weighted by atomic mass is 9.97. The Hall–Kier alpha value is -2.69. The molecule has 1 aliphatic carbocycles. The molecule has 1 aliphatic rings. The predicted octanol–water partition coefficient (Wildman–Crippen LogP) is 4.37. The molecule has 0 atom stereocenters. The van der Waals surface area contributed by atoms with Gasteiger partial charge in [-0.1, -0.05) is 38.1 Å². The predicted molar refractivity (Wildman–Crippen MR) is 105 cm³/mol. The SMILES string of the molecule is CC.CNC(=O)c1cc(-c2ccccc2C(C)=O)cnc1OCC1CC1.[HH]. The number of nitrogens with one attached hydrogen (secondary N) is 1. The summed E-state index contributed by atoms with van der Waals surface area (Å²) in [6, 6.07) is 9.04. The van der Waals surface area contributed by atoms with Gasteiger partial charge < -0.3 is 10.1 Å². The Labute approximate surface area is 156 Å². The van der Waals surface area contributed by atoms with Crippen LogP contribution in [0.15, 0.2) is 36.5 Å². The summed E-state index contributed by atoms with van der Waals surface area (Å²) in [5.74, 6) is 0.629. The highest BCUT2D eigenvalue weighted by atomic mass is 16.5. The van der Waals surface area contributed by atoms with Gasteiger partial charge in [0.2, 0.25) is 5.88 Å². The van der Waals surface area contributed by atoms with Gasteiger partial charge in [-0.2, -0.15) is 0 Å². The molecule has 1 amide bonds. The molecule has 5 nitrogen and oxygen atoms in total. The topological polar surface area (TPSA) is 68.3 Å². The molecular weight excluding hydrogens is 328 g/mol. The van der Waals surface area contributed by atoms with Crippen molar-refractivity contribution in [1.82, 2.24) is 10.3 Å². The molecule has 3 rings (SSSR count). The summed E-state index contributed by atoms with van der Waals surface area (Å²) < 4.78 is 5.71. The molecule has 0 spiro atoms. The van der Waals surface area contributed by atoms with Gasteiger partial charge in [-0.15, -0.1) is 0 Å². The van der Waals surface area contributed by atoms with Crippen molar-refractivity contribution in [3.05, 3.63) is 47.7 Å². The second-order valence-corrected chi connectivity index (χ2v) is 6.01. The second-order valence-electron chi connectivity index (χ2n) is 6.01. The first-order valence-corrected chi connectivity index (χ1v) is 9.05. The molecule has 26 heavy (non-hydrogen) atoms. The fourth-order valence-corrected chi connectivity index (χ4v) is 2.54. The van der Waals surface area contributed by atoms with Crippen molar-refractivity contribution < 1.29 is 15.8 Å². The molecule has 0 unspecified atom stereocenters. The van der Waals surface area contributed by atoms with E-state index in [1.165, 1.54) is 19.8 Å². The quantitative estimate of drug-likeness (QED) is 0.780. The molecule has 0 radical (unpaired) electrons. The van der Waals surface area contributed by atoms with Crippen LogP contribution in [-0.2, 0) is 0 Å². The Morgan fingerprint density at radius 1 is 1.23 bits per heavy atom. The lowest BCUT2D eigenvalue weighted by Gasteiger charge is -2.12. The highest BCUT2D eigenvalue weighted by Crippen LogP contribution is 2.31. The number of carbonyl (C=O) groups excluding carboxylic acids is 2. The Morgan fingerprint density at radius 3 is 2.54 bits per heavy atom. The van der Waals surface area contributed by atoms with E-state index in [1.807, 2.05) is 32.0 Å². The van der Waals surface area contributed by atoms with Crippen molar-refractivity contribution in [2.75, 3.05) is 13.7 Å². The van der Waals surface area contributed by atoms with Gasteiger partial charge in [-0.3, -0.25) is 9.59 Å². The van der Waals surface area contributed by atoms with Crippen molar-refractivity contribution in [2.24, 2.45) is 5.92 Å². The lowest BCUT2D eigenvalue weighted by molar-refractivity contribution is 0.0956. The molecule has 1 heterocycles. The molecule has 140 valence electrons. The fraction of sp³-hybridized carbons (Fsp3) is 0.381. The fourth-order valence-electron chi connectivity index (χ4n) is 2.54. The van der Waals surface area contributed by atoms with Crippen LogP contribution >= 0.6 is 0 Å². The highest BCUT2D eigenvalue weighted by molar-refractivity contribution is 6.02. The maximum absolute atomic E-state index is 12.2. The van der Waals surface area contributed by atoms with E-state index in [-0.39, 0.29) is 13.1 Å². The number of benzene rings is 1. The normalized spacial score (nSPS) is 12.6. The van der Waals surface area contributed by atoms with Crippen molar-refractivity contribution in [3.8, 4) is 17.0 Å². The van der Waals surface area contributed by atoms with Gasteiger partial charge in [0.15, 0.2) is 5.78 Å². The van der Waals surface area contributed by atoms with Crippen LogP contribution in [0.25, 0.3) is 11.1 Å². The van der Waals surface area contributed by atoms with Gasteiger partial charge in [0.05, 0.1) is 6.61 Å². The first-order valence-electron chi connectivity index (χ1n) is 9.05. The van der Waals surface area contributed by atoms with Crippen LogP contribution in [-0.4, -0.2) is 30.3 Å². The zero-order chi connectivity index (χ0) is 19.1. The largest absolute Gasteiger partial charge is 0.477 e. The number of rotatable bonds is 6. The van der Waals surface area contributed by atoms with Crippen LogP contribution in [0.1, 0.15) is 55.8 Å². The van der Waals surface area contributed by atoms with Gasteiger partial charge in [0.25, 0.3) is 5.91 Å². The third kappa shape index (κ3) is 4.69. The second kappa shape index (κ2) is 9.13. The smallest absolute Gasteiger partial charge is 0.256 e. The Bertz CT molecular complexity index is 789. The van der Waals surface area contributed by atoms with Gasteiger partial charge in [0, 0.05) is 25.8 Å². The molecule has 1 saturated carbocycles. The van der Waals surface area contributed by atoms with E-state index in [1.54, 1.807) is 25.4 Å². The summed E-state index contributed by atoms with van der Waals surface area (Å²) in [5.41, 5.74) is 2.47. The minimum Gasteiger partial charge on any atom is -0.477 e. The van der Waals surface area contributed by atoms with Crippen LogP contribution < -0.4 is 10.1 Å². The monoisotopic (exact) mass is 356 g/mol. The zero-order valence-corrected chi connectivity index (χ0v) is 15.8. The molecule has 2 aromatic rings. The van der Waals surface area contributed by atoms with E-state index in [0.717, 1.165) is 11.1 Å². The van der Waals surface area contributed by atoms with Gasteiger partial charge in [-0.25, -0.2) is 4.98 Å². The maximum Gasteiger partial charge on any atom is 0.256 e. The Kier molecular flexibility index (Phi) is 6.89. The number of ketones is 1. The number of aromatic nitrogens is 1. The van der Waals surface area contributed by atoms with Crippen molar-refractivity contribution in [3.63, 3.8) is 0 Å². The van der Waals surface area contributed by atoms with Crippen LogP contribution in [0, 0.1) is 5.92 Å². The summed E-state index contributed by atoms with van der Waals surface area (Å²) in [7, 11) is 1.57. The van der Waals surface area contributed by atoms with Gasteiger partial charge in [-0.05, 0) is 37.3 Å². The summed E-state index contributed by atoms with van der Waals surface area (Å²) >= 11 is 0. The third-order valence-corrected chi connectivity index (χ3v) is 4.09. The first-order chi connectivity index (χ1) is 12.6. The van der Waals surface area contributed by atoms with Gasteiger partial charge >= 0.3 is 0 Å². The third-order valence-electron chi connectivity index (χ3n) is 4.09. The Morgan fingerprint density at radius 2 is 1.92 bits per heavy atom. The summed E-state index contributed by atoms with van der Waals surface area (Å²) in [4.78, 5) is 28.4. The van der Waals surface area contributed by atoms with Crippen LogP contribution in [0.4, 0.5) is 0 Å². The molecule has 1 aromatic heterocycles. The number of pyridine rings is 1. The lowest BCUT2D eigenvalue weighted by Crippen LogP contribution is -2.20. The molecule has 1 aromatic carbocycles. The summed E-state index contributed by atoms with van der Waals surface area (Å²) in [6.07, 6.45) is 3.98. The van der Waals surface area contributed by atoms with Crippen molar-refractivity contribution >= 4 is 11.7 Å². The standard InChI is InChI=1S/C19H20N2O3.C2H6.H2/c1-12(22)15-5-3-4-6-16(15)14-9-17(18(23)20-2)19(21-10-14)24-11-13-7-8-13;1-2;/h3-6,9-10,13H,7-8,11H2,1-2H3,(H,20,23);1-2H3;1H. The molecule has 5 heteroatoms. The molecule has 0 bridgehead atoms. The van der Waals surface area contributed by atoms with Crippen LogP contribution in [0.5, 0.6) is 5.88 Å². The van der Waals surface area contributed by atoms with E-state index in [2.05, 4.69) is 10.3 Å². The average Bonchev–Trinajstić information content (AvgIpc) is 3.51. The van der Waals surface area contributed by atoms with E-state index < -0.39 is 0 Å². The first kappa shape index (κ1) is 19.6. The number of Topliss-reactive ketones (excluding diaryl/α,β-unsaturated/α-hetero) is 1. The molecule has 1 fully saturated rings. The van der Waals surface area contributed by atoms with E-state index in [9.17, 15) is 9.59 Å². The Balaban J connectivity index is 0.00000118. The van der Waals surface area contributed by atoms with E-state index in [4.69, 9.17) is 4.74 Å². The minimum absolute atomic E-state index is 0.